The van der Waals surface area contributed by atoms with Gasteiger partial charge in [-0.3, -0.25) is 14.7 Å². The van der Waals surface area contributed by atoms with Crippen LogP contribution in [-0.4, -0.2) is 79.9 Å². The fourth-order valence-electron chi connectivity index (χ4n) is 3.92. The molecule has 11 nitrogen and oxygen atoms in total. The molecule has 0 unspecified atom stereocenters. The number of nitrogens with zero attached hydrogens (tertiary/aromatic N) is 4. The summed E-state index contributed by atoms with van der Waals surface area (Å²) in [6.45, 7) is 0.934. The third-order valence-corrected chi connectivity index (χ3v) is 6.05. The fraction of sp³-hybridized carbons (Fsp3) is 0.417. The maximum absolute atomic E-state index is 15.1. The number of rotatable bonds is 6. The molecule has 2 aliphatic heterocycles. The van der Waals surface area contributed by atoms with Gasteiger partial charge >= 0.3 is 12.1 Å². The number of benzene rings is 1. The highest BCUT2D eigenvalue weighted by molar-refractivity contribution is 7.80. The lowest BCUT2D eigenvalue weighted by atomic mass is 10.2. The average molecular weight is 553 g/mol. The molecule has 0 radical (unpaired) electrons. The van der Waals surface area contributed by atoms with Gasteiger partial charge in [0.2, 0.25) is 0 Å². The molecule has 2 aliphatic rings. The second-order valence-corrected chi connectivity index (χ2v) is 8.56. The van der Waals surface area contributed by atoms with Gasteiger partial charge in [0.05, 0.1) is 39.0 Å². The Labute approximate surface area is 224 Å². The smallest absolute Gasteiger partial charge is 0.414 e. The number of aromatic nitrogens is 1. The van der Waals surface area contributed by atoms with E-state index < -0.39 is 29.9 Å². The number of thiocarbonyl (C=S) groups is 1. The van der Waals surface area contributed by atoms with Crippen LogP contribution in [-0.2, 0) is 20.9 Å². The number of ether oxygens (including phenoxy) is 2. The maximum Gasteiger partial charge on any atom is 0.414 e. The molecule has 0 spiro atoms. The van der Waals surface area contributed by atoms with E-state index in [-0.39, 0.29) is 69.9 Å². The lowest BCUT2D eigenvalue weighted by Gasteiger charge is -2.24. The third-order valence-electron chi connectivity index (χ3n) is 5.74. The molecule has 2 aromatic rings. The maximum atomic E-state index is 15.1. The summed E-state index contributed by atoms with van der Waals surface area (Å²) < 4.78 is 40.3. The third kappa shape index (κ3) is 6.95. The van der Waals surface area contributed by atoms with Crippen LogP contribution in [0.5, 0.6) is 0 Å². The van der Waals surface area contributed by atoms with Gasteiger partial charge in [0, 0.05) is 44.2 Å². The van der Waals surface area contributed by atoms with Gasteiger partial charge in [-0.2, -0.15) is 0 Å². The molecule has 2 N–H and O–H groups in total. The van der Waals surface area contributed by atoms with Gasteiger partial charge in [0.15, 0.2) is 11.6 Å². The van der Waals surface area contributed by atoms with Gasteiger partial charge in [0.1, 0.15) is 11.8 Å². The lowest BCUT2D eigenvalue weighted by molar-refractivity contribution is -0.104. The molecular weight excluding hydrogens is 522 g/mol. The Morgan fingerprint density at radius 3 is 2.68 bits per heavy atom. The molecule has 38 heavy (non-hydrogen) atoms. The summed E-state index contributed by atoms with van der Waals surface area (Å²) in [7, 11) is 1.40. The molecule has 1 aromatic carbocycles. The van der Waals surface area contributed by atoms with Crippen molar-refractivity contribution < 1.29 is 32.7 Å². The number of pyridine rings is 1. The van der Waals surface area contributed by atoms with Gasteiger partial charge in [-0.15, -0.1) is 0 Å². The Kier molecular flexibility index (Phi) is 9.96. The highest BCUT2D eigenvalue weighted by Crippen LogP contribution is 2.31. The number of nitrogens with one attached hydrogen (secondary N) is 2. The number of carbonyl (C=O) groups excluding carboxylic acids is 2. The monoisotopic (exact) mass is 552 g/mol. The van der Waals surface area contributed by atoms with Crippen LogP contribution in [0.3, 0.4) is 0 Å². The summed E-state index contributed by atoms with van der Waals surface area (Å²) in [6.07, 6.45) is 1.96. The van der Waals surface area contributed by atoms with Gasteiger partial charge in [-0.05, 0) is 23.8 Å². The van der Waals surface area contributed by atoms with E-state index in [1.807, 2.05) is 6.07 Å². The van der Waals surface area contributed by atoms with Crippen molar-refractivity contribution in [2.24, 2.45) is 0 Å². The van der Waals surface area contributed by atoms with Gasteiger partial charge in [-0.1, -0.05) is 13.5 Å². The minimum Gasteiger partial charge on any atom is -0.474 e. The lowest BCUT2D eigenvalue weighted by Crippen LogP contribution is -2.41. The number of cyclic esters (lactones) is 1. The molecule has 14 heteroatoms. The molecule has 0 bridgehead atoms. The van der Waals surface area contributed by atoms with Gasteiger partial charge < -0.3 is 25.0 Å². The number of carbonyl (C=O) groups is 2. The molecule has 1 atom stereocenters. The summed E-state index contributed by atoms with van der Waals surface area (Å²) in [5.74, 6) is -1.70. The number of amides is 3. The molecule has 2 fully saturated rings. The Balaban J connectivity index is 0.00000400. The van der Waals surface area contributed by atoms with Crippen molar-refractivity contribution in [3.8, 4) is 0 Å². The van der Waals surface area contributed by atoms with E-state index in [2.05, 4.69) is 15.6 Å². The van der Waals surface area contributed by atoms with E-state index in [1.54, 1.807) is 18.5 Å². The van der Waals surface area contributed by atoms with Gasteiger partial charge in [0.25, 0.3) is 5.17 Å². The molecule has 0 saturated carbocycles. The largest absolute Gasteiger partial charge is 0.474 e. The van der Waals surface area contributed by atoms with Crippen LogP contribution < -0.4 is 20.4 Å². The first-order valence-corrected chi connectivity index (χ1v) is 11.9. The average Bonchev–Trinajstić information content (AvgIpc) is 3.10. The van der Waals surface area contributed by atoms with Crippen molar-refractivity contribution in [3.05, 3.63) is 53.9 Å². The van der Waals surface area contributed by atoms with Crippen LogP contribution >= 0.6 is 12.2 Å². The van der Waals surface area contributed by atoms with E-state index in [4.69, 9.17) is 26.5 Å². The van der Waals surface area contributed by atoms with Crippen LogP contribution in [0, 0.1) is 11.6 Å². The Morgan fingerprint density at radius 1 is 1.24 bits per heavy atom. The standard InChI is InChI=1S/C23H26F2N6O5S.CH4/c1-34-22(37)28-13-17-14-30(23(33)36-17)16-9-18(24)20(19(25)10-16)29-5-6-31(35-8-7-29)21(32)27-12-15-3-2-4-26-11-15;/h2-4,9-11,17H,5-8,12-14H2,1H3,(H,27,32)(H,28,37);1H4/t17-;/m0./s1. The van der Waals surface area contributed by atoms with Gasteiger partial charge in [-0.25, -0.2) is 23.4 Å². The first-order valence-electron chi connectivity index (χ1n) is 11.5. The number of urea groups is 1. The summed E-state index contributed by atoms with van der Waals surface area (Å²) in [5, 5.41) is 6.77. The summed E-state index contributed by atoms with van der Waals surface area (Å²) in [6, 6.07) is 5.28. The second kappa shape index (κ2) is 13.1. The number of methoxy groups -OCH3 is 1. The Hall–Kier alpha value is -3.78. The number of anilines is 2. The molecule has 2 saturated heterocycles. The minimum atomic E-state index is -0.848. The Bertz CT molecular complexity index is 1120. The van der Waals surface area contributed by atoms with Crippen LogP contribution in [0.2, 0.25) is 0 Å². The Morgan fingerprint density at radius 2 is 2.00 bits per heavy atom. The van der Waals surface area contributed by atoms with E-state index >= 15 is 8.78 Å². The zero-order chi connectivity index (χ0) is 26.4. The predicted octanol–water partition coefficient (Wildman–Crippen LogP) is 2.81. The van der Waals surface area contributed by atoms with Crippen molar-refractivity contribution in [1.29, 1.82) is 0 Å². The first kappa shape index (κ1) is 28.8. The number of hydrogen-bond acceptors (Lipinski definition) is 8. The van der Waals surface area contributed by atoms with E-state index in [1.165, 1.54) is 12.0 Å². The van der Waals surface area contributed by atoms with E-state index in [9.17, 15) is 9.59 Å². The quantitative estimate of drug-likeness (QED) is 0.523. The fourth-order valence-corrected chi connectivity index (χ4v) is 4.00. The summed E-state index contributed by atoms with van der Waals surface area (Å²) in [4.78, 5) is 36.9. The number of hydroxylamine groups is 2. The van der Waals surface area contributed by atoms with Crippen LogP contribution in [0.1, 0.15) is 13.0 Å². The molecular formula is C24H30F2N6O5S. The van der Waals surface area contributed by atoms with Crippen molar-refractivity contribution in [3.63, 3.8) is 0 Å². The second-order valence-electron chi connectivity index (χ2n) is 8.19. The molecule has 4 rings (SSSR count). The number of hydrogen-bond donors (Lipinski definition) is 2. The van der Waals surface area contributed by atoms with Crippen LogP contribution in [0.15, 0.2) is 36.7 Å². The van der Waals surface area contributed by atoms with E-state index in [0.29, 0.717) is 0 Å². The van der Waals surface area contributed by atoms with E-state index in [0.717, 1.165) is 27.7 Å². The van der Waals surface area contributed by atoms with Crippen LogP contribution in [0.25, 0.3) is 0 Å². The number of halogens is 2. The molecule has 206 valence electrons. The molecule has 3 amide bonds. The molecule has 0 aliphatic carbocycles. The van der Waals surface area contributed by atoms with Crippen molar-refractivity contribution in [2.75, 3.05) is 56.2 Å². The first-order chi connectivity index (χ1) is 17.9. The zero-order valence-electron chi connectivity index (χ0n) is 20.0. The summed E-state index contributed by atoms with van der Waals surface area (Å²) in [5.41, 5.74) is 0.587. The summed E-state index contributed by atoms with van der Waals surface area (Å²) >= 11 is 4.89. The SMILES string of the molecule is C.COC(=S)NC[C@H]1CN(c2cc(F)c(N3CCON(C(=O)NCc4cccnc4)CC3)c(F)c2)C(=O)O1. The molecule has 3 heterocycles. The highest BCUT2D eigenvalue weighted by atomic mass is 32.1. The normalized spacial score (nSPS) is 17.3. The van der Waals surface area contributed by atoms with Crippen molar-refractivity contribution in [2.45, 2.75) is 20.1 Å². The van der Waals surface area contributed by atoms with Crippen molar-refractivity contribution in [1.82, 2.24) is 20.7 Å². The van der Waals surface area contributed by atoms with Crippen LogP contribution in [0.4, 0.5) is 29.7 Å². The topological polar surface area (TPSA) is 109 Å². The highest BCUT2D eigenvalue weighted by Gasteiger charge is 2.34. The molecule has 1 aromatic heterocycles. The minimum absolute atomic E-state index is 0. The zero-order valence-corrected chi connectivity index (χ0v) is 20.8. The van der Waals surface area contributed by atoms with Crippen molar-refractivity contribution >= 4 is 40.9 Å². The predicted molar refractivity (Wildman–Crippen MR) is 140 cm³/mol.